The van der Waals surface area contributed by atoms with Crippen molar-refractivity contribution in [2.75, 3.05) is 26.5 Å². The van der Waals surface area contributed by atoms with E-state index in [1.54, 1.807) is 19.2 Å². The number of hydrogen-bond donors (Lipinski definition) is 1. The number of ether oxygens (including phenoxy) is 1. The number of hydrogen-bond acceptors (Lipinski definition) is 4. The third-order valence-electron chi connectivity index (χ3n) is 3.35. The van der Waals surface area contributed by atoms with Crippen molar-refractivity contribution in [1.82, 2.24) is 5.32 Å². The van der Waals surface area contributed by atoms with Gasteiger partial charge in [-0.3, -0.25) is 0 Å². The highest BCUT2D eigenvalue weighted by Gasteiger charge is 2.25. The first-order valence-electron chi connectivity index (χ1n) is 6.11. The van der Waals surface area contributed by atoms with Crippen molar-refractivity contribution < 1.29 is 13.2 Å². The monoisotopic (exact) mass is 269 g/mol. The summed E-state index contributed by atoms with van der Waals surface area (Å²) in [4.78, 5) is 0.399. The lowest BCUT2D eigenvalue weighted by molar-refractivity contribution is 0.388. The standard InChI is InChI=1S/C13H19NO3S/c1-17-11-6-3-7-12(18(2,15)16)13(11)10-5-4-8-14-9-10/h3,6-7,10,14H,4-5,8-9H2,1-2H3. The Morgan fingerprint density at radius 2 is 2.17 bits per heavy atom. The van der Waals surface area contributed by atoms with Crippen LogP contribution in [0.5, 0.6) is 5.75 Å². The van der Waals surface area contributed by atoms with Crippen LogP contribution in [0.4, 0.5) is 0 Å². The first kappa shape index (κ1) is 13.4. The Hall–Kier alpha value is -1.07. The largest absolute Gasteiger partial charge is 0.496 e. The number of rotatable bonds is 3. The van der Waals surface area contributed by atoms with E-state index in [9.17, 15) is 8.42 Å². The maximum Gasteiger partial charge on any atom is 0.175 e. The lowest BCUT2D eigenvalue weighted by atomic mass is 9.91. The minimum absolute atomic E-state index is 0.208. The molecule has 1 aromatic rings. The lowest BCUT2D eigenvalue weighted by Crippen LogP contribution is -2.29. The van der Waals surface area contributed by atoms with Crippen molar-refractivity contribution in [3.63, 3.8) is 0 Å². The highest BCUT2D eigenvalue weighted by Crippen LogP contribution is 2.36. The highest BCUT2D eigenvalue weighted by molar-refractivity contribution is 7.90. The van der Waals surface area contributed by atoms with Gasteiger partial charge in [-0.2, -0.15) is 0 Å². The second-order valence-corrected chi connectivity index (χ2v) is 6.67. The maximum absolute atomic E-state index is 11.9. The molecule has 1 heterocycles. The zero-order valence-corrected chi connectivity index (χ0v) is 11.6. The molecule has 1 aromatic carbocycles. The summed E-state index contributed by atoms with van der Waals surface area (Å²) in [7, 11) is -1.64. The van der Waals surface area contributed by atoms with Crippen LogP contribution in [0, 0.1) is 0 Å². The van der Waals surface area contributed by atoms with Crippen LogP contribution in [0.2, 0.25) is 0 Å². The summed E-state index contributed by atoms with van der Waals surface area (Å²) in [5, 5.41) is 3.31. The summed E-state index contributed by atoms with van der Waals surface area (Å²) >= 11 is 0. The van der Waals surface area contributed by atoms with Crippen LogP contribution >= 0.6 is 0 Å². The fourth-order valence-electron chi connectivity index (χ4n) is 2.53. The molecule has 1 N–H and O–H groups in total. The van der Waals surface area contributed by atoms with Crippen LogP contribution in [0.1, 0.15) is 24.3 Å². The predicted octanol–water partition coefficient (Wildman–Crippen LogP) is 1.57. The molecule has 1 atom stereocenters. The molecule has 4 nitrogen and oxygen atoms in total. The summed E-state index contributed by atoms with van der Waals surface area (Å²) in [5.41, 5.74) is 0.828. The Labute approximate surface area is 108 Å². The van der Waals surface area contributed by atoms with E-state index < -0.39 is 9.84 Å². The summed E-state index contributed by atoms with van der Waals surface area (Å²) in [5.74, 6) is 0.881. The zero-order chi connectivity index (χ0) is 13.2. The minimum Gasteiger partial charge on any atom is -0.496 e. The fraction of sp³-hybridized carbons (Fsp3) is 0.538. The smallest absolute Gasteiger partial charge is 0.175 e. The number of benzene rings is 1. The molecule has 1 aliphatic heterocycles. The number of piperidine rings is 1. The van der Waals surface area contributed by atoms with Crippen molar-refractivity contribution in [1.29, 1.82) is 0 Å². The van der Waals surface area contributed by atoms with Gasteiger partial charge < -0.3 is 10.1 Å². The molecule has 5 heteroatoms. The van der Waals surface area contributed by atoms with E-state index in [0.29, 0.717) is 10.6 Å². The molecule has 0 saturated carbocycles. The molecule has 0 aliphatic carbocycles. The molecule has 1 unspecified atom stereocenters. The number of sulfone groups is 1. The predicted molar refractivity (Wildman–Crippen MR) is 70.9 cm³/mol. The summed E-state index contributed by atoms with van der Waals surface area (Å²) in [6.07, 6.45) is 3.31. The van der Waals surface area contributed by atoms with E-state index in [1.165, 1.54) is 6.26 Å². The Kier molecular flexibility index (Phi) is 3.92. The third-order valence-corrected chi connectivity index (χ3v) is 4.51. The fourth-order valence-corrected chi connectivity index (χ4v) is 3.52. The summed E-state index contributed by atoms with van der Waals surface area (Å²) in [6.45, 7) is 1.81. The van der Waals surface area contributed by atoms with Crippen molar-refractivity contribution in [2.45, 2.75) is 23.7 Å². The summed E-state index contributed by atoms with van der Waals surface area (Å²) < 4.78 is 29.1. The molecule has 1 fully saturated rings. The third kappa shape index (κ3) is 2.67. The van der Waals surface area contributed by atoms with Gasteiger partial charge in [0.1, 0.15) is 5.75 Å². The Morgan fingerprint density at radius 1 is 1.39 bits per heavy atom. The molecule has 1 saturated heterocycles. The normalized spacial score (nSPS) is 20.7. The van der Waals surface area contributed by atoms with Gasteiger partial charge in [0.15, 0.2) is 9.84 Å². The molecular weight excluding hydrogens is 250 g/mol. The maximum atomic E-state index is 11.9. The van der Waals surface area contributed by atoms with Gasteiger partial charge in [0.05, 0.1) is 12.0 Å². The van der Waals surface area contributed by atoms with Gasteiger partial charge in [-0.1, -0.05) is 6.07 Å². The molecule has 18 heavy (non-hydrogen) atoms. The molecule has 0 radical (unpaired) electrons. The van der Waals surface area contributed by atoms with Gasteiger partial charge in [-0.25, -0.2) is 8.42 Å². The molecule has 0 amide bonds. The van der Waals surface area contributed by atoms with Gasteiger partial charge in [-0.05, 0) is 31.5 Å². The Balaban J connectivity index is 2.53. The van der Waals surface area contributed by atoms with E-state index in [0.717, 1.165) is 31.5 Å². The molecular formula is C13H19NO3S. The van der Waals surface area contributed by atoms with E-state index in [2.05, 4.69) is 5.32 Å². The van der Waals surface area contributed by atoms with E-state index in [-0.39, 0.29) is 5.92 Å². The second-order valence-electron chi connectivity index (χ2n) is 4.69. The number of methoxy groups -OCH3 is 1. The van der Waals surface area contributed by atoms with Crippen LogP contribution in [0.3, 0.4) is 0 Å². The average molecular weight is 269 g/mol. The van der Waals surface area contributed by atoms with E-state index in [1.807, 2.05) is 6.07 Å². The minimum atomic E-state index is -3.22. The van der Waals surface area contributed by atoms with Gasteiger partial charge in [-0.15, -0.1) is 0 Å². The topological polar surface area (TPSA) is 55.4 Å². The SMILES string of the molecule is COc1cccc(S(C)(=O)=O)c1C1CCCNC1. The van der Waals surface area contributed by atoms with Gasteiger partial charge in [0.25, 0.3) is 0 Å². The van der Waals surface area contributed by atoms with Crippen LogP contribution in [0.15, 0.2) is 23.1 Å². The van der Waals surface area contributed by atoms with Crippen LogP contribution in [-0.4, -0.2) is 34.9 Å². The molecule has 0 aromatic heterocycles. The van der Waals surface area contributed by atoms with E-state index in [4.69, 9.17) is 4.74 Å². The van der Waals surface area contributed by atoms with Crippen LogP contribution in [-0.2, 0) is 9.84 Å². The van der Waals surface area contributed by atoms with Gasteiger partial charge in [0.2, 0.25) is 0 Å². The van der Waals surface area contributed by atoms with Gasteiger partial charge in [0, 0.05) is 24.3 Å². The quantitative estimate of drug-likeness (QED) is 0.905. The first-order valence-corrected chi connectivity index (χ1v) is 8.01. The molecule has 1 aliphatic rings. The first-order chi connectivity index (χ1) is 8.54. The highest BCUT2D eigenvalue weighted by atomic mass is 32.2. The van der Waals surface area contributed by atoms with Crippen molar-refractivity contribution in [3.05, 3.63) is 23.8 Å². The second kappa shape index (κ2) is 5.28. The zero-order valence-electron chi connectivity index (χ0n) is 10.8. The summed E-state index contributed by atoms with van der Waals surface area (Å²) in [6, 6.07) is 5.23. The lowest BCUT2D eigenvalue weighted by Gasteiger charge is -2.26. The van der Waals surface area contributed by atoms with Crippen LogP contribution < -0.4 is 10.1 Å². The Morgan fingerprint density at radius 3 is 2.72 bits per heavy atom. The van der Waals surface area contributed by atoms with E-state index >= 15 is 0 Å². The van der Waals surface area contributed by atoms with Gasteiger partial charge >= 0.3 is 0 Å². The van der Waals surface area contributed by atoms with Crippen molar-refractivity contribution in [3.8, 4) is 5.75 Å². The molecule has 0 bridgehead atoms. The molecule has 2 rings (SSSR count). The molecule has 0 spiro atoms. The average Bonchev–Trinajstić information content (AvgIpc) is 2.38. The van der Waals surface area contributed by atoms with Crippen molar-refractivity contribution >= 4 is 9.84 Å². The molecule has 100 valence electrons. The van der Waals surface area contributed by atoms with Crippen LogP contribution in [0.25, 0.3) is 0 Å². The Bertz CT molecular complexity index is 519. The number of nitrogens with one attached hydrogen (secondary N) is 1. The van der Waals surface area contributed by atoms with Crippen molar-refractivity contribution in [2.24, 2.45) is 0 Å².